The van der Waals surface area contributed by atoms with Gasteiger partial charge in [-0.25, -0.2) is 4.98 Å². The number of nitrogen functional groups attached to an aromatic ring is 1. The fourth-order valence-corrected chi connectivity index (χ4v) is 4.19. The fourth-order valence-electron chi connectivity index (χ4n) is 4.19. The first-order valence-corrected chi connectivity index (χ1v) is 11.2. The van der Waals surface area contributed by atoms with Crippen LogP contribution in [0.15, 0.2) is 60.9 Å². The minimum absolute atomic E-state index is 0.513. The molecule has 1 aliphatic rings. The van der Waals surface area contributed by atoms with Crippen molar-refractivity contribution in [2.24, 2.45) is 0 Å². The Bertz CT molecular complexity index is 1060. The maximum Gasteiger partial charge on any atom is 0.416 e. The third-order valence-electron chi connectivity index (χ3n) is 6.03. The fraction of sp³-hybridized carbons (Fsp3) is 0.360. The van der Waals surface area contributed by atoms with Crippen molar-refractivity contribution in [2.45, 2.75) is 25.4 Å². The topological polar surface area (TPSA) is 58.3 Å². The highest BCUT2D eigenvalue weighted by molar-refractivity contribution is 5.73. The van der Waals surface area contributed by atoms with Gasteiger partial charge in [0.25, 0.3) is 0 Å². The molecule has 0 saturated carbocycles. The minimum atomic E-state index is -4.31. The zero-order valence-electron chi connectivity index (χ0n) is 18.4. The van der Waals surface area contributed by atoms with E-state index < -0.39 is 11.7 Å². The van der Waals surface area contributed by atoms with Crippen molar-refractivity contribution in [2.75, 3.05) is 43.4 Å². The molecular formula is C25H28F3N5. The van der Waals surface area contributed by atoms with Crippen LogP contribution in [0.2, 0.25) is 0 Å². The molecule has 1 aliphatic heterocycles. The molecule has 0 aliphatic carbocycles. The molecule has 3 heterocycles. The van der Waals surface area contributed by atoms with Gasteiger partial charge < -0.3 is 10.6 Å². The van der Waals surface area contributed by atoms with E-state index >= 15 is 0 Å². The molecule has 3 aromatic rings. The Morgan fingerprint density at radius 3 is 2.45 bits per heavy atom. The Kier molecular flexibility index (Phi) is 7.13. The summed E-state index contributed by atoms with van der Waals surface area (Å²) in [6.07, 6.45) is 2.14. The molecule has 8 heteroatoms. The molecule has 1 aromatic carbocycles. The van der Waals surface area contributed by atoms with E-state index in [2.05, 4.69) is 20.9 Å². The van der Waals surface area contributed by atoms with E-state index in [4.69, 9.17) is 5.73 Å². The smallest absolute Gasteiger partial charge is 0.383 e. The molecule has 0 radical (unpaired) electrons. The zero-order valence-corrected chi connectivity index (χ0v) is 18.4. The van der Waals surface area contributed by atoms with E-state index in [1.807, 2.05) is 29.3 Å². The highest BCUT2D eigenvalue weighted by Gasteiger charge is 2.31. The van der Waals surface area contributed by atoms with Crippen LogP contribution in [0.3, 0.4) is 0 Å². The Morgan fingerprint density at radius 1 is 0.879 bits per heavy atom. The Morgan fingerprint density at radius 2 is 1.70 bits per heavy atom. The average molecular weight is 456 g/mol. The molecule has 1 saturated heterocycles. The number of hydrogen-bond donors (Lipinski definition) is 1. The number of pyridine rings is 2. The van der Waals surface area contributed by atoms with Gasteiger partial charge in [-0.3, -0.25) is 9.88 Å². The molecule has 0 bridgehead atoms. The Labute approximate surface area is 192 Å². The molecule has 0 amide bonds. The maximum absolute atomic E-state index is 13.0. The summed E-state index contributed by atoms with van der Waals surface area (Å²) >= 11 is 0. The second-order valence-electron chi connectivity index (χ2n) is 8.31. The van der Waals surface area contributed by atoms with Crippen LogP contribution in [0.5, 0.6) is 0 Å². The lowest BCUT2D eigenvalue weighted by molar-refractivity contribution is -0.137. The van der Waals surface area contributed by atoms with Crippen LogP contribution in [0.4, 0.5) is 24.7 Å². The normalized spacial score (nSPS) is 15.1. The van der Waals surface area contributed by atoms with E-state index in [9.17, 15) is 13.2 Å². The van der Waals surface area contributed by atoms with Crippen molar-refractivity contribution < 1.29 is 13.2 Å². The molecule has 0 unspecified atom stereocenters. The molecule has 2 aromatic heterocycles. The molecule has 174 valence electrons. The van der Waals surface area contributed by atoms with Gasteiger partial charge in [0.1, 0.15) is 5.82 Å². The maximum atomic E-state index is 13.0. The van der Waals surface area contributed by atoms with E-state index in [-0.39, 0.29) is 0 Å². The molecule has 33 heavy (non-hydrogen) atoms. The van der Waals surface area contributed by atoms with Gasteiger partial charge in [0.15, 0.2) is 0 Å². The number of aromatic nitrogens is 2. The summed E-state index contributed by atoms with van der Waals surface area (Å²) < 4.78 is 38.9. The van der Waals surface area contributed by atoms with E-state index in [0.29, 0.717) is 11.5 Å². The van der Waals surface area contributed by atoms with Crippen molar-refractivity contribution in [3.63, 3.8) is 0 Å². The van der Waals surface area contributed by atoms with Gasteiger partial charge >= 0.3 is 6.18 Å². The minimum Gasteiger partial charge on any atom is -0.383 e. The summed E-state index contributed by atoms with van der Waals surface area (Å²) in [5, 5.41) is 0. The van der Waals surface area contributed by atoms with Gasteiger partial charge in [-0.2, -0.15) is 13.2 Å². The number of halogens is 3. The van der Waals surface area contributed by atoms with E-state index in [1.165, 1.54) is 12.1 Å². The van der Waals surface area contributed by atoms with Crippen LogP contribution < -0.4 is 10.6 Å². The number of benzene rings is 1. The summed E-state index contributed by atoms with van der Waals surface area (Å²) in [5.74, 6) is 0.513. The molecule has 0 atom stereocenters. The molecule has 2 N–H and O–H groups in total. The number of unbranched alkanes of at least 4 members (excludes halogenated alkanes) is 1. The van der Waals surface area contributed by atoms with Crippen LogP contribution in [-0.4, -0.2) is 47.6 Å². The Balaban J connectivity index is 1.22. The van der Waals surface area contributed by atoms with Crippen molar-refractivity contribution >= 4 is 11.5 Å². The van der Waals surface area contributed by atoms with Crippen molar-refractivity contribution in [3.8, 4) is 11.1 Å². The highest BCUT2D eigenvalue weighted by Crippen LogP contribution is 2.32. The van der Waals surface area contributed by atoms with Crippen LogP contribution in [-0.2, 0) is 12.6 Å². The third kappa shape index (κ3) is 6.01. The number of alkyl halides is 3. The monoisotopic (exact) mass is 455 g/mol. The van der Waals surface area contributed by atoms with Gasteiger partial charge in [0.05, 0.1) is 5.56 Å². The molecule has 5 nitrogen and oxygen atoms in total. The lowest BCUT2D eigenvalue weighted by Gasteiger charge is -2.36. The first kappa shape index (κ1) is 23.0. The van der Waals surface area contributed by atoms with Gasteiger partial charge in [0.2, 0.25) is 0 Å². The molecule has 1 fully saturated rings. The average Bonchev–Trinajstić information content (AvgIpc) is 2.82. The van der Waals surface area contributed by atoms with Gasteiger partial charge in [-0.1, -0.05) is 6.07 Å². The van der Waals surface area contributed by atoms with Crippen LogP contribution in [0, 0.1) is 0 Å². The van der Waals surface area contributed by atoms with E-state index in [1.54, 1.807) is 12.3 Å². The summed E-state index contributed by atoms with van der Waals surface area (Å²) in [6, 6.07) is 13.5. The third-order valence-corrected chi connectivity index (χ3v) is 6.03. The number of nitrogens with zero attached hydrogens (tertiary/aromatic N) is 4. The first-order valence-electron chi connectivity index (χ1n) is 11.2. The van der Waals surface area contributed by atoms with Gasteiger partial charge in [0, 0.05) is 55.5 Å². The largest absolute Gasteiger partial charge is 0.416 e. The van der Waals surface area contributed by atoms with Crippen LogP contribution in [0.25, 0.3) is 11.1 Å². The SMILES string of the molecule is Nc1ncccc1-c1ccnc(CCCCN2CCN(c3cccc(C(F)(F)F)c3)CC2)c1. The standard InChI is InChI=1S/C25H28F3N5/c26-25(27,28)20-5-3-7-22(18-20)33-15-13-32(14-16-33)12-2-1-6-21-17-19(9-11-30-21)23-8-4-10-31-24(23)29/h3-5,7-11,17-18H,1-2,6,12-16H2,(H2,29,31). The number of rotatable bonds is 7. The van der Waals surface area contributed by atoms with Gasteiger partial charge in [-0.05, 0) is 73.8 Å². The predicted molar refractivity (Wildman–Crippen MR) is 125 cm³/mol. The van der Waals surface area contributed by atoms with Crippen molar-refractivity contribution in [3.05, 3.63) is 72.2 Å². The molecule has 4 rings (SSSR count). The summed E-state index contributed by atoms with van der Waals surface area (Å²) in [5.41, 5.74) is 9.01. The van der Waals surface area contributed by atoms with Crippen molar-refractivity contribution in [1.82, 2.24) is 14.9 Å². The van der Waals surface area contributed by atoms with Crippen LogP contribution in [0.1, 0.15) is 24.1 Å². The summed E-state index contributed by atoms with van der Waals surface area (Å²) in [6.45, 7) is 4.15. The van der Waals surface area contributed by atoms with Gasteiger partial charge in [-0.15, -0.1) is 0 Å². The number of piperazine rings is 1. The highest BCUT2D eigenvalue weighted by atomic mass is 19.4. The number of anilines is 2. The van der Waals surface area contributed by atoms with Crippen LogP contribution >= 0.6 is 0 Å². The lowest BCUT2D eigenvalue weighted by atomic mass is 10.1. The predicted octanol–water partition coefficient (Wildman–Crippen LogP) is 4.89. The zero-order chi connectivity index (χ0) is 23.3. The molecule has 0 spiro atoms. The number of nitrogens with two attached hydrogens (primary N) is 1. The second kappa shape index (κ2) is 10.2. The molecular weight excluding hydrogens is 427 g/mol. The van der Waals surface area contributed by atoms with E-state index in [0.717, 1.165) is 74.9 Å². The number of hydrogen-bond acceptors (Lipinski definition) is 5. The summed E-state index contributed by atoms with van der Waals surface area (Å²) in [7, 11) is 0. The second-order valence-corrected chi connectivity index (χ2v) is 8.31. The lowest BCUT2D eigenvalue weighted by Crippen LogP contribution is -2.46. The first-order chi connectivity index (χ1) is 15.9. The summed E-state index contributed by atoms with van der Waals surface area (Å²) in [4.78, 5) is 13.0. The Hall–Kier alpha value is -3.13. The number of aryl methyl sites for hydroxylation is 1. The van der Waals surface area contributed by atoms with Crippen molar-refractivity contribution in [1.29, 1.82) is 0 Å². The quantitative estimate of drug-likeness (QED) is 0.514.